The van der Waals surface area contributed by atoms with Crippen LogP contribution in [0, 0.1) is 13.8 Å². The first-order chi connectivity index (χ1) is 16.3. The van der Waals surface area contributed by atoms with Gasteiger partial charge in [0.1, 0.15) is 22.2 Å². The number of anilines is 2. The maximum Gasteiger partial charge on any atom is 0.343 e. The number of esters is 1. The second-order valence-corrected chi connectivity index (χ2v) is 8.00. The van der Waals surface area contributed by atoms with E-state index >= 15 is 0 Å². The van der Waals surface area contributed by atoms with Gasteiger partial charge in [-0.25, -0.2) is 9.69 Å². The minimum atomic E-state index is -0.660. The number of halogens is 1. The fourth-order valence-corrected chi connectivity index (χ4v) is 3.80. The number of hydrogen-bond donors (Lipinski definition) is 1. The Labute approximate surface area is 201 Å². The van der Waals surface area contributed by atoms with E-state index < -0.39 is 17.8 Å². The molecule has 8 heteroatoms. The summed E-state index contributed by atoms with van der Waals surface area (Å²) in [6.45, 7) is 3.74. The molecule has 0 atom stereocenters. The van der Waals surface area contributed by atoms with Crippen LogP contribution >= 0.6 is 11.6 Å². The van der Waals surface area contributed by atoms with Gasteiger partial charge in [0.15, 0.2) is 0 Å². The predicted octanol–water partition coefficient (Wildman–Crippen LogP) is 4.97. The van der Waals surface area contributed by atoms with E-state index in [9.17, 15) is 14.4 Å². The van der Waals surface area contributed by atoms with E-state index in [1.54, 1.807) is 48.5 Å². The van der Waals surface area contributed by atoms with Crippen LogP contribution in [0.5, 0.6) is 11.5 Å². The lowest BCUT2D eigenvalue weighted by molar-refractivity contribution is -0.120. The molecular weight excluding hydrogens is 456 g/mol. The third-order valence-corrected chi connectivity index (χ3v) is 5.70. The number of para-hydroxylation sites is 3. The fraction of sp³-hybridized carbons (Fsp3) is 0.115. The second kappa shape index (κ2) is 9.41. The summed E-state index contributed by atoms with van der Waals surface area (Å²) in [7, 11) is 1.45. The molecule has 1 aliphatic heterocycles. The Morgan fingerprint density at radius 1 is 0.882 bits per heavy atom. The van der Waals surface area contributed by atoms with E-state index in [2.05, 4.69) is 5.32 Å². The molecule has 0 aromatic heterocycles. The third kappa shape index (κ3) is 4.25. The highest BCUT2D eigenvalue weighted by atomic mass is 35.5. The van der Waals surface area contributed by atoms with Crippen molar-refractivity contribution in [2.45, 2.75) is 13.8 Å². The average molecular weight is 477 g/mol. The first-order valence-corrected chi connectivity index (χ1v) is 10.8. The summed E-state index contributed by atoms with van der Waals surface area (Å²) in [5.74, 6) is -0.888. The van der Waals surface area contributed by atoms with E-state index in [-0.39, 0.29) is 10.7 Å². The van der Waals surface area contributed by atoms with E-state index in [4.69, 9.17) is 21.1 Å². The Hall–Kier alpha value is -4.10. The molecule has 3 aromatic rings. The molecule has 1 N–H and O–H groups in total. The number of hydrogen-bond acceptors (Lipinski definition) is 6. The van der Waals surface area contributed by atoms with Crippen LogP contribution in [0.2, 0.25) is 0 Å². The molecule has 4 rings (SSSR count). The van der Waals surface area contributed by atoms with Crippen molar-refractivity contribution >= 4 is 40.8 Å². The number of carbonyl (C=O) groups is 3. The molecule has 1 heterocycles. The maximum atomic E-state index is 13.0. The minimum Gasteiger partial charge on any atom is -0.495 e. The SMILES string of the molecule is COc1ccccc1N1C(=O)C(Cl)=C(Nc2ccc(C(=O)Oc3c(C)cccc3C)cc2)C1=O. The van der Waals surface area contributed by atoms with E-state index in [0.717, 1.165) is 16.0 Å². The number of aryl methyl sites for hydroxylation is 2. The monoisotopic (exact) mass is 476 g/mol. The number of imide groups is 1. The van der Waals surface area contributed by atoms with Gasteiger partial charge < -0.3 is 14.8 Å². The van der Waals surface area contributed by atoms with Crippen molar-refractivity contribution in [2.75, 3.05) is 17.3 Å². The van der Waals surface area contributed by atoms with Crippen molar-refractivity contribution < 1.29 is 23.9 Å². The van der Waals surface area contributed by atoms with Crippen molar-refractivity contribution in [3.8, 4) is 11.5 Å². The summed E-state index contributed by atoms with van der Waals surface area (Å²) >= 11 is 6.21. The van der Waals surface area contributed by atoms with Crippen LogP contribution in [-0.4, -0.2) is 24.9 Å². The summed E-state index contributed by atoms with van der Waals surface area (Å²) < 4.78 is 10.8. The van der Waals surface area contributed by atoms with Gasteiger partial charge >= 0.3 is 5.97 Å². The molecule has 0 bridgehead atoms. The minimum absolute atomic E-state index is 0.0663. The van der Waals surface area contributed by atoms with Crippen LogP contribution in [0.3, 0.4) is 0 Å². The predicted molar refractivity (Wildman–Crippen MR) is 129 cm³/mol. The molecule has 0 saturated carbocycles. The molecule has 0 aliphatic carbocycles. The van der Waals surface area contributed by atoms with Gasteiger partial charge in [0.05, 0.1) is 18.4 Å². The first kappa shape index (κ1) is 23.1. The average Bonchev–Trinajstić information content (AvgIpc) is 3.04. The summed E-state index contributed by atoms with van der Waals surface area (Å²) in [4.78, 5) is 39.3. The number of amides is 2. The molecule has 0 saturated heterocycles. The highest BCUT2D eigenvalue weighted by molar-refractivity contribution is 6.53. The Morgan fingerprint density at radius 3 is 2.18 bits per heavy atom. The van der Waals surface area contributed by atoms with Gasteiger partial charge in [-0.2, -0.15) is 0 Å². The molecule has 0 radical (unpaired) electrons. The standard InChI is InChI=1S/C26H21ClN2O5/c1-15-7-6-8-16(2)23(15)34-26(32)17-11-13-18(14-12-17)28-22-21(27)24(30)29(25(22)31)19-9-4-5-10-20(19)33-3/h4-14,28H,1-3H3. The number of rotatable bonds is 6. The van der Waals surface area contributed by atoms with E-state index in [0.29, 0.717) is 28.4 Å². The van der Waals surface area contributed by atoms with Gasteiger partial charge in [-0.3, -0.25) is 9.59 Å². The van der Waals surface area contributed by atoms with Crippen molar-refractivity contribution in [1.82, 2.24) is 0 Å². The van der Waals surface area contributed by atoms with E-state index in [1.165, 1.54) is 7.11 Å². The van der Waals surface area contributed by atoms with E-state index in [1.807, 2.05) is 32.0 Å². The second-order valence-electron chi connectivity index (χ2n) is 7.62. The Morgan fingerprint density at radius 2 is 1.53 bits per heavy atom. The Kier molecular flexibility index (Phi) is 6.38. The summed E-state index contributed by atoms with van der Waals surface area (Å²) in [5.41, 5.74) is 2.75. The van der Waals surface area contributed by atoms with Crippen molar-refractivity contribution in [1.29, 1.82) is 0 Å². The van der Waals surface area contributed by atoms with Gasteiger partial charge in [0.25, 0.3) is 11.8 Å². The summed E-state index contributed by atoms with van der Waals surface area (Å²) in [5, 5.41) is 2.64. The van der Waals surface area contributed by atoms with Crippen molar-refractivity contribution in [2.24, 2.45) is 0 Å². The number of benzene rings is 3. The summed E-state index contributed by atoms with van der Waals surface area (Å²) in [6.07, 6.45) is 0. The first-order valence-electron chi connectivity index (χ1n) is 10.4. The maximum absolute atomic E-state index is 13.0. The van der Waals surface area contributed by atoms with Crippen LogP contribution in [0.25, 0.3) is 0 Å². The van der Waals surface area contributed by atoms with Gasteiger partial charge in [0, 0.05) is 5.69 Å². The highest BCUT2D eigenvalue weighted by Crippen LogP contribution is 2.35. The number of carbonyl (C=O) groups excluding carboxylic acids is 3. The van der Waals surface area contributed by atoms with Crippen LogP contribution in [0.15, 0.2) is 77.5 Å². The molecule has 0 unspecified atom stereocenters. The zero-order valence-electron chi connectivity index (χ0n) is 18.7. The number of ether oxygens (including phenoxy) is 2. The largest absolute Gasteiger partial charge is 0.495 e. The number of nitrogens with zero attached hydrogens (tertiary/aromatic N) is 1. The van der Waals surface area contributed by atoms with Gasteiger partial charge in [-0.05, 0) is 61.4 Å². The lowest BCUT2D eigenvalue weighted by atomic mass is 10.1. The van der Waals surface area contributed by atoms with Gasteiger partial charge in [-0.15, -0.1) is 0 Å². The van der Waals surface area contributed by atoms with Crippen molar-refractivity contribution in [3.63, 3.8) is 0 Å². The quantitative estimate of drug-likeness (QED) is 0.307. The molecular formula is C26H21ClN2O5. The smallest absolute Gasteiger partial charge is 0.343 e. The molecule has 1 aliphatic rings. The van der Waals surface area contributed by atoms with Crippen LogP contribution in [0.4, 0.5) is 11.4 Å². The zero-order valence-corrected chi connectivity index (χ0v) is 19.5. The molecule has 3 aromatic carbocycles. The Bertz CT molecular complexity index is 1310. The van der Waals surface area contributed by atoms with Crippen LogP contribution in [-0.2, 0) is 9.59 Å². The molecule has 172 valence electrons. The van der Waals surface area contributed by atoms with Crippen LogP contribution < -0.4 is 19.7 Å². The fourth-order valence-electron chi connectivity index (χ4n) is 3.59. The number of nitrogens with one attached hydrogen (secondary N) is 1. The summed E-state index contributed by atoms with van der Waals surface area (Å²) in [6, 6.07) is 18.6. The number of methoxy groups -OCH3 is 1. The van der Waals surface area contributed by atoms with Gasteiger partial charge in [-0.1, -0.05) is 41.9 Å². The van der Waals surface area contributed by atoms with Crippen molar-refractivity contribution in [3.05, 3.63) is 94.1 Å². The molecule has 7 nitrogen and oxygen atoms in total. The third-order valence-electron chi connectivity index (χ3n) is 5.35. The lowest BCUT2D eigenvalue weighted by Crippen LogP contribution is -2.32. The normalized spacial score (nSPS) is 13.4. The molecule has 2 amide bonds. The Balaban J connectivity index is 1.51. The topological polar surface area (TPSA) is 84.9 Å². The lowest BCUT2D eigenvalue weighted by Gasteiger charge is -2.17. The molecule has 0 spiro atoms. The van der Waals surface area contributed by atoms with Gasteiger partial charge in [0.2, 0.25) is 0 Å². The zero-order chi connectivity index (χ0) is 24.4. The molecule has 0 fully saturated rings. The highest BCUT2D eigenvalue weighted by Gasteiger charge is 2.40. The molecule has 34 heavy (non-hydrogen) atoms. The van der Waals surface area contributed by atoms with Crippen LogP contribution in [0.1, 0.15) is 21.5 Å².